The standard InChI is InChI=1S/C12H19N5O/c1-7(2)10-11(13)15-6-16-12(10)14-5-9(18)17-8-3-4-8/h6-8H,3-5H2,1-2H3,(H,17,18)(H3,13,14,15,16). The first-order valence-corrected chi connectivity index (χ1v) is 6.21. The number of carbonyl (C=O) groups excluding carboxylic acids is 1. The van der Waals surface area contributed by atoms with Crippen molar-refractivity contribution < 1.29 is 4.79 Å². The fraction of sp³-hybridized carbons (Fsp3) is 0.583. The summed E-state index contributed by atoms with van der Waals surface area (Å²) in [5.41, 5.74) is 6.69. The number of nitrogens with two attached hydrogens (primary N) is 1. The Morgan fingerprint density at radius 2 is 2.22 bits per heavy atom. The van der Waals surface area contributed by atoms with Crippen LogP contribution in [-0.4, -0.2) is 28.5 Å². The van der Waals surface area contributed by atoms with E-state index in [-0.39, 0.29) is 18.4 Å². The summed E-state index contributed by atoms with van der Waals surface area (Å²) in [6.45, 7) is 4.25. The van der Waals surface area contributed by atoms with Gasteiger partial charge in [0.1, 0.15) is 18.0 Å². The Morgan fingerprint density at radius 1 is 1.50 bits per heavy atom. The molecule has 0 spiro atoms. The highest BCUT2D eigenvalue weighted by molar-refractivity contribution is 5.81. The van der Waals surface area contributed by atoms with Crippen molar-refractivity contribution >= 4 is 17.5 Å². The quantitative estimate of drug-likeness (QED) is 0.720. The predicted octanol–water partition coefficient (Wildman–Crippen LogP) is 0.873. The molecule has 1 amide bonds. The van der Waals surface area contributed by atoms with E-state index in [2.05, 4.69) is 20.6 Å². The van der Waals surface area contributed by atoms with Crippen LogP contribution in [0.5, 0.6) is 0 Å². The molecule has 0 unspecified atom stereocenters. The maximum Gasteiger partial charge on any atom is 0.239 e. The van der Waals surface area contributed by atoms with Gasteiger partial charge in [-0.05, 0) is 18.8 Å². The average molecular weight is 249 g/mol. The van der Waals surface area contributed by atoms with E-state index in [4.69, 9.17) is 5.73 Å². The van der Waals surface area contributed by atoms with Crippen molar-refractivity contribution in [3.63, 3.8) is 0 Å². The summed E-state index contributed by atoms with van der Waals surface area (Å²) in [5.74, 6) is 1.30. The van der Waals surface area contributed by atoms with Crippen LogP contribution < -0.4 is 16.4 Å². The van der Waals surface area contributed by atoms with Crippen LogP contribution in [0.1, 0.15) is 38.2 Å². The number of nitrogens with one attached hydrogen (secondary N) is 2. The molecule has 6 nitrogen and oxygen atoms in total. The highest BCUT2D eigenvalue weighted by Crippen LogP contribution is 2.26. The number of nitrogens with zero attached hydrogens (tertiary/aromatic N) is 2. The zero-order valence-corrected chi connectivity index (χ0v) is 10.7. The van der Waals surface area contributed by atoms with Crippen LogP contribution in [0.4, 0.5) is 11.6 Å². The molecular weight excluding hydrogens is 230 g/mol. The molecule has 1 saturated carbocycles. The number of anilines is 2. The summed E-state index contributed by atoms with van der Waals surface area (Å²) in [6, 6.07) is 0.374. The molecule has 18 heavy (non-hydrogen) atoms. The third-order valence-corrected chi connectivity index (χ3v) is 2.85. The van der Waals surface area contributed by atoms with Gasteiger partial charge < -0.3 is 16.4 Å². The molecule has 1 heterocycles. The Morgan fingerprint density at radius 3 is 2.83 bits per heavy atom. The molecule has 1 aliphatic carbocycles. The van der Waals surface area contributed by atoms with Crippen molar-refractivity contribution in [1.82, 2.24) is 15.3 Å². The molecule has 1 aromatic heterocycles. The van der Waals surface area contributed by atoms with Crippen molar-refractivity contribution in [2.45, 2.75) is 38.6 Å². The molecule has 0 radical (unpaired) electrons. The van der Waals surface area contributed by atoms with Crippen molar-refractivity contribution in [2.24, 2.45) is 0 Å². The maximum atomic E-state index is 11.6. The van der Waals surface area contributed by atoms with E-state index in [1.165, 1.54) is 6.33 Å². The fourth-order valence-corrected chi connectivity index (χ4v) is 1.79. The molecule has 2 rings (SSSR count). The average Bonchev–Trinajstić information content (AvgIpc) is 3.09. The lowest BCUT2D eigenvalue weighted by Crippen LogP contribution is -2.31. The third-order valence-electron chi connectivity index (χ3n) is 2.85. The predicted molar refractivity (Wildman–Crippen MR) is 70.2 cm³/mol. The lowest BCUT2D eigenvalue weighted by Gasteiger charge is -2.14. The SMILES string of the molecule is CC(C)c1c(N)ncnc1NCC(=O)NC1CC1. The van der Waals surface area contributed by atoms with Gasteiger partial charge in [-0.2, -0.15) is 0 Å². The third kappa shape index (κ3) is 3.09. The Bertz CT molecular complexity index is 442. The number of amides is 1. The van der Waals surface area contributed by atoms with Gasteiger partial charge in [0.15, 0.2) is 0 Å². The van der Waals surface area contributed by atoms with E-state index in [1.807, 2.05) is 13.8 Å². The van der Waals surface area contributed by atoms with Gasteiger partial charge >= 0.3 is 0 Å². The molecule has 1 fully saturated rings. The van der Waals surface area contributed by atoms with Crippen LogP contribution in [0.15, 0.2) is 6.33 Å². The first-order chi connectivity index (χ1) is 8.58. The molecule has 1 aromatic rings. The minimum Gasteiger partial charge on any atom is -0.383 e. The van der Waals surface area contributed by atoms with E-state index in [9.17, 15) is 4.79 Å². The zero-order valence-electron chi connectivity index (χ0n) is 10.7. The van der Waals surface area contributed by atoms with Crippen LogP contribution in [0.25, 0.3) is 0 Å². The summed E-state index contributed by atoms with van der Waals surface area (Å²) in [4.78, 5) is 19.7. The normalized spacial score (nSPS) is 14.6. The summed E-state index contributed by atoms with van der Waals surface area (Å²) in [5, 5.41) is 5.94. The zero-order chi connectivity index (χ0) is 13.1. The first kappa shape index (κ1) is 12.6. The topological polar surface area (TPSA) is 92.9 Å². The smallest absolute Gasteiger partial charge is 0.239 e. The number of hydrogen-bond donors (Lipinski definition) is 3. The minimum absolute atomic E-state index is 0.00982. The monoisotopic (exact) mass is 249 g/mol. The number of aromatic nitrogens is 2. The van der Waals surface area contributed by atoms with E-state index in [0.717, 1.165) is 18.4 Å². The first-order valence-electron chi connectivity index (χ1n) is 6.21. The van der Waals surface area contributed by atoms with Crippen LogP contribution in [0.2, 0.25) is 0 Å². The Kier molecular flexibility index (Phi) is 3.64. The summed E-state index contributed by atoms with van der Waals surface area (Å²) >= 11 is 0. The van der Waals surface area contributed by atoms with E-state index in [0.29, 0.717) is 17.7 Å². The lowest BCUT2D eigenvalue weighted by atomic mass is 10.0. The number of nitrogen functional groups attached to an aromatic ring is 1. The second kappa shape index (κ2) is 5.20. The van der Waals surface area contributed by atoms with Crippen LogP contribution >= 0.6 is 0 Å². The van der Waals surface area contributed by atoms with Gasteiger partial charge in [0.05, 0.1) is 6.54 Å². The summed E-state index contributed by atoms with van der Waals surface area (Å²) < 4.78 is 0. The molecule has 1 aliphatic rings. The van der Waals surface area contributed by atoms with Gasteiger partial charge in [-0.3, -0.25) is 4.79 Å². The van der Waals surface area contributed by atoms with Crippen molar-refractivity contribution in [3.8, 4) is 0 Å². The second-order valence-electron chi connectivity index (χ2n) is 4.87. The maximum absolute atomic E-state index is 11.6. The Labute approximate surface area is 106 Å². The van der Waals surface area contributed by atoms with Crippen molar-refractivity contribution in [3.05, 3.63) is 11.9 Å². The van der Waals surface area contributed by atoms with Crippen LogP contribution in [-0.2, 0) is 4.79 Å². The minimum atomic E-state index is -0.00982. The molecule has 6 heteroatoms. The second-order valence-corrected chi connectivity index (χ2v) is 4.87. The van der Waals surface area contributed by atoms with E-state index >= 15 is 0 Å². The highest BCUT2D eigenvalue weighted by Gasteiger charge is 2.23. The molecule has 0 saturated heterocycles. The van der Waals surface area contributed by atoms with Gasteiger partial charge in [-0.1, -0.05) is 13.8 Å². The van der Waals surface area contributed by atoms with Crippen LogP contribution in [0.3, 0.4) is 0 Å². The molecule has 0 aromatic carbocycles. The largest absolute Gasteiger partial charge is 0.383 e. The number of carbonyl (C=O) groups is 1. The summed E-state index contributed by atoms with van der Waals surface area (Å²) in [6.07, 6.45) is 3.58. The molecule has 0 bridgehead atoms. The lowest BCUT2D eigenvalue weighted by molar-refractivity contribution is -0.119. The van der Waals surface area contributed by atoms with Crippen molar-refractivity contribution in [2.75, 3.05) is 17.6 Å². The number of rotatable bonds is 5. The van der Waals surface area contributed by atoms with Crippen LogP contribution in [0, 0.1) is 0 Å². The van der Waals surface area contributed by atoms with Gasteiger partial charge in [0.25, 0.3) is 0 Å². The summed E-state index contributed by atoms with van der Waals surface area (Å²) in [7, 11) is 0. The molecule has 0 aliphatic heterocycles. The van der Waals surface area contributed by atoms with E-state index < -0.39 is 0 Å². The molecular formula is C12H19N5O. The molecule has 4 N–H and O–H groups in total. The van der Waals surface area contributed by atoms with E-state index in [1.54, 1.807) is 0 Å². The van der Waals surface area contributed by atoms with Gasteiger partial charge in [-0.25, -0.2) is 9.97 Å². The van der Waals surface area contributed by atoms with Gasteiger partial charge in [-0.15, -0.1) is 0 Å². The Hall–Kier alpha value is -1.85. The fourth-order valence-electron chi connectivity index (χ4n) is 1.79. The van der Waals surface area contributed by atoms with Gasteiger partial charge in [0, 0.05) is 11.6 Å². The van der Waals surface area contributed by atoms with Crippen molar-refractivity contribution in [1.29, 1.82) is 0 Å². The Balaban J connectivity index is 1.99. The van der Waals surface area contributed by atoms with Gasteiger partial charge in [0.2, 0.25) is 5.91 Å². The number of hydrogen-bond acceptors (Lipinski definition) is 5. The molecule has 98 valence electrons. The highest BCUT2D eigenvalue weighted by atomic mass is 16.2. The molecule has 0 atom stereocenters.